The van der Waals surface area contributed by atoms with Gasteiger partial charge in [0, 0.05) is 30.2 Å². The van der Waals surface area contributed by atoms with Gasteiger partial charge in [-0.3, -0.25) is 9.59 Å². The van der Waals surface area contributed by atoms with Gasteiger partial charge >= 0.3 is 0 Å². The number of hydrogen-bond acceptors (Lipinski definition) is 4. The third-order valence-corrected chi connectivity index (χ3v) is 4.69. The summed E-state index contributed by atoms with van der Waals surface area (Å²) in [7, 11) is 0. The molecule has 1 aliphatic rings. The molecule has 2 amide bonds. The summed E-state index contributed by atoms with van der Waals surface area (Å²) in [6.07, 6.45) is 2.63. The smallest absolute Gasteiger partial charge is 0.252 e. The van der Waals surface area contributed by atoms with Gasteiger partial charge in [0.2, 0.25) is 5.91 Å². The molecule has 1 aromatic heterocycles. The number of nitrogens with two attached hydrogens (primary N) is 1. The number of amides is 2. The molecule has 1 aliphatic heterocycles. The number of rotatable bonds is 4. The Hall–Kier alpha value is -2.47. The first-order valence-corrected chi connectivity index (χ1v) is 8.47. The minimum atomic E-state index is -0.532. The van der Waals surface area contributed by atoms with E-state index in [4.69, 9.17) is 17.3 Å². The standard InChI is InChI=1S/C18H19ClN4O2/c1-11-15(17(20)25)9-21-18(22-11)13-6-7-23(10-13)16(24)8-12-2-4-14(19)5-3-12/h2-5,9,13H,6-8,10H2,1H3,(H2,20,25). The number of benzene rings is 1. The largest absolute Gasteiger partial charge is 0.365 e. The number of likely N-dealkylation sites (tertiary alicyclic amines) is 1. The maximum Gasteiger partial charge on any atom is 0.252 e. The summed E-state index contributed by atoms with van der Waals surface area (Å²) in [5.41, 5.74) is 7.13. The van der Waals surface area contributed by atoms with Crippen molar-refractivity contribution < 1.29 is 9.59 Å². The highest BCUT2D eigenvalue weighted by atomic mass is 35.5. The van der Waals surface area contributed by atoms with Gasteiger partial charge in [0.15, 0.2) is 0 Å². The molecule has 0 aliphatic carbocycles. The number of carbonyl (C=O) groups excluding carboxylic acids is 2. The molecule has 25 heavy (non-hydrogen) atoms. The first-order valence-electron chi connectivity index (χ1n) is 8.09. The lowest BCUT2D eigenvalue weighted by atomic mass is 10.1. The topological polar surface area (TPSA) is 89.2 Å². The fourth-order valence-corrected chi connectivity index (χ4v) is 3.14. The van der Waals surface area contributed by atoms with E-state index in [1.807, 2.05) is 17.0 Å². The van der Waals surface area contributed by atoms with E-state index in [1.54, 1.807) is 19.1 Å². The van der Waals surface area contributed by atoms with Crippen molar-refractivity contribution in [3.63, 3.8) is 0 Å². The van der Waals surface area contributed by atoms with Crippen molar-refractivity contribution in [1.29, 1.82) is 0 Å². The highest BCUT2D eigenvalue weighted by Gasteiger charge is 2.29. The molecule has 1 atom stereocenters. The molecule has 2 aromatic rings. The van der Waals surface area contributed by atoms with Gasteiger partial charge in [-0.1, -0.05) is 23.7 Å². The number of aromatic nitrogens is 2. The van der Waals surface area contributed by atoms with E-state index in [9.17, 15) is 9.59 Å². The molecule has 6 nitrogen and oxygen atoms in total. The van der Waals surface area contributed by atoms with E-state index in [-0.39, 0.29) is 11.8 Å². The highest BCUT2D eigenvalue weighted by molar-refractivity contribution is 6.30. The van der Waals surface area contributed by atoms with Crippen LogP contribution in [0.15, 0.2) is 30.5 Å². The van der Waals surface area contributed by atoms with Crippen LogP contribution >= 0.6 is 11.6 Å². The van der Waals surface area contributed by atoms with E-state index in [0.29, 0.717) is 41.6 Å². The van der Waals surface area contributed by atoms with Gasteiger partial charge in [-0.05, 0) is 31.0 Å². The molecule has 0 saturated carbocycles. The fourth-order valence-electron chi connectivity index (χ4n) is 3.01. The second-order valence-corrected chi connectivity index (χ2v) is 6.66. The van der Waals surface area contributed by atoms with Crippen LogP contribution in [0.3, 0.4) is 0 Å². The average molecular weight is 359 g/mol. The van der Waals surface area contributed by atoms with Crippen molar-refractivity contribution in [3.05, 3.63) is 58.1 Å². The summed E-state index contributed by atoms with van der Waals surface area (Å²) in [4.78, 5) is 34.2. The number of halogens is 1. The fraction of sp³-hybridized carbons (Fsp3) is 0.333. The average Bonchev–Trinajstić information content (AvgIpc) is 3.06. The summed E-state index contributed by atoms with van der Waals surface area (Å²) in [5, 5.41) is 0.657. The van der Waals surface area contributed by atoms with E-state index in [2.05, 4.69) is 9.97 Å². The third kappa shape index (κ3) is 3.96. The van der Waals surface area contributed by atoms with Crippen LogP contribution in [0.5, 0.6) is 0 Å². The maximum atomic E-state index is 12.5. The lowest BCUT2D eigenvalue weighted by molar-refractivity contribution is -0.129. The Morgan fingerprint density at radius 2 is 2.04 bits per heavy atom. The lowest BCUT2D eigenvalue weighted by Gasteiger charge is -2.16. The molecule has 1 unspecified atom stereocenters. The molecule has 1 fully saturated rings. The minimum absolute atomic E-state index is 0.0785. The molecule has 2 N–H and O–H groups in total. The molecular weight excluding hydrogens is 340 g/mol. The van der Waals surface area contributed by atoms with Gasteiger partial charge in [-0.25, -0.2) is 9.97 Å². The second-order valence-electron chi connectivity index (χ2n) is 6.22. The monoisotopic (exact) mass is 358 g/mol. The molecule has 0 bridgehead atoms. The first kappa shape index (κ1) is 17.4. The zero-order valence-corrected chi connectivity index (χ0v) is 14.7. The second kappa shape index (κ2) is 7.19. The Labute approximate surface area is 151 Å². The Morgan fingerprint density at radius 1 is 1.32 bits per heavy atom. The Bertz CT molecular complexity index is 807. The SMILES string of the molecule is Cc1nc(C2CCN(C(=O)Cc3ccc(Cl)cc3)C2)ncc1C(N)=O. The van der Waals surface area contributed by atoms with Crippen LogP contribution in [-0.2, 0) is 11.2 Å². The Kier molecular flexibility index (Phi) is 4.99. The zero-order valence-electron chi connectivity index (χ0n) is 13.9. The van der Waals surface area contributed by atoms with Crippen LogP contribution in [0.4, 0.5) is 0 Å². The van der Waals surface area contributed by atoms with E-state index < -0.39 is 5.91 Å². The molecule has 7 heteroatoms. The van der Waals surface area contributed by atoms with Gasteiger partial charge in [-0.15, -0.1) is 0 Å². The molecule has 0 spiro atoms. The summed E-state index contributed by atoms with van der Waals surface area (Å²) in [6.45, 7) is 3.00. The molecule has 130 valence electrons. The quantitative estimate of drug-likeness (QED) is 0.906. The highest BCUT2D eigenvalue weighted by Crippen LogP contribution is 2.25. The van der Waals surface area contributed by atoms with Crippen LogP contribution in [0.25, 0.3) is 0 Å². The predicted octanol–water partition coefficient (Wildman–Crippen LogP) is 2.10. The van der Waals surface area contributed by atoms with Crippen LogP contribution in [-0.4, -0.2) is 39.8 Å². The first-order chi connectivity index (χ1) is 11.9. The maximum absolute atomic E-state index is 12.5. The van der Waals surface area contributed by atoms with E-state index in [0.717, 1.165) is 12.0 Å². The van der Waals surface area contributed by atoms with Gasteiger partial charge in [0.05, 0.1) is 17.7 Å². The number of carbonyl (C=O) groups is 2. The number of nitrogens with zero attached hydrogens (tertiary/aromatic N) is 3. The van der Waals surface area contributed by atoms with Crippen molar-refractivity contribution in [2.24, 2.45) is 5.73 Å². The van der Waals surface area contributed by atoms with Gasteiger partial charge in [0.25, 0.3) is 5.91 Å². The van der Waals surface area contributed by atoms with Gasteiger partial charge in [-0.2, -0.15) is 0 Å². The molecule has 1 saturated heterocycles. The number of hydrogen-bond donors (Lipinski definition) is 1. The summed E-state index contributed by atoms with van der Waals surface area (Å²) in [5.74, 6) is 0.282. The van der Waals surface area contributed by atoms with Crippen LogP contribution in [0, 0.1) is 6.92 Å². The van der Waals surface area contributed by atoms with Crippen molar-refractivity contribution in [3.8, 4) is 0 Å². The van der Waals surface area contributed by atoms with Crippen molar-refractivity contribution in [1.82, 2.24) is 14.9 Å². The Balaban J connectivity index is 1.65. The van der Waals surface area contributed by atoms with Crippen molar-refractivity contribution in [2.75, 3.05) is 13.1 Å². The lowest BCUT2D eigenvalue weighted by Crippen LogP contribution is -2.30. The van der Waals surface area contributed by atoms with Crippen molar-refractivity contribution in [2.45, 2.75) is 25.7 Å². The minimum Gasteiger partial charge on any atom is -0.365 e. The number of aryl methyl sites for hydroxylation is 1. The normalized spacial score (nSPS) is 16.9. The summed E-state index contributed by atoms with van der Waals surface area (Å²) < 4.78 is 0. The summed E-state index contributed by atoms with van der Waals surface area (Å²) >= 11 is 5.87. The van der Waals surface area contributed by atoms with Gasteiger partial charge in [0.1, 0.15) is 5.82 Å². The number of primary amides is 1. The van der Waals surface area contributed by atoms with Crippen molar-refractivity contribution >= 4 is 23.4 Å². The van der Waals surface area contributed by atoms with Crippen LogP contribution in [0.2, 0.25) is 5.02 Å². The molecular formula is C18H19ClN4O2. The molecule has 3 rings (SSSR count). The molecule has 2 heterocycles. The molecule has 1 aromatic carbocycles. The van der Waals surface area contributed by atoms with E-state index >= 15 is 0 Å². The predicted molar refractivity (Wildman–Crippen MR) is 94.4 cm³/mol. The van der Waals surface area contributed by atoms with Crippen LogP contribution < -0.4 is 5.73 Å². The van der Waals surface area contributed by atoms with Gasteiger partial charge < -0.3 is 10.6 Å². The van der Waals surface area contributed by atoms with E-state index in [1.165, 1.54) is 6.20 Å². The third-order valence-electron chi connectivity index (χ3n) is 4.44. The Morgan fingerprint density at radius 3 is 2.68 bits per heavy atom. The summed E-state index contributed by atoms with van der Waals surface area (Å²) in [6, 6.07) is 7.30. The van der Waals surface area contributed by atoms with Crippen LogP contribution in [0.1, 0.15) is 39.8 Å². The molecule has 0 radical (unpaired) electrons. The zero-order chi connectivity index (χ0) is 18.0.